The summed E-state index contributed by atoms with van der Waals surface area (Å²) in [6, 6.07) is 17.0. The molecule has 0 radical (unpaired) electrons. The summed E-state index contributed by atoms with van der Waals surface area (Å²) in [5, 5.41) is 11.8. The average molecular weight is 550 g/mol. The molecular formula is C33H43NO6. The second-order valence-corrected chi connectivity index (χ2v) is 11.3. The van der Waals surface area contributed by atoms with Crippen molar-refractivity contribution in [2.45, 2.75) is 66.2 Å². The van der Waals surface area contributed by atoms with Gasteiger partial charge in [-0.1, -0.05) is 88.4 Å². The van der Waals surface area contributed by atoms with Crippen LogP contribution >= 0.6 is 0 Å². The van der Waals surface area contributed by atoms with Crippen LogP contribution in [-0.4, -0.2) is 41.9 Å². The molecule has 0 bridgehead atoms. The van der Waals surface area contributed by atoms with Crippen molar-refractivity contribution in [3.8, 4) is 0 Å². The Morgan fingerprint density at radius 2 is 1.65 bits per heavy atom. The van der Waals surface area contributed by atoms with Crippen LogP contribution in [0.4, 0.5) is 0 Å². The molecule has 3 atom stereocenters. The smallest absolute Gasteiger partial charge is 0.308 e. The van der Waals surface area contributed by atoms with Crippen LogP contribution in [0, 0.1) is 17.3 Å². The number of allylic oxidation sites excluding steroid dienone is 1. The van der Waals surface area contributed by atoms with Crippen molar-refractivity contribution in [3.63, 3.8) is 0 Å². The third kappa shape index (κ3) is 10.9. The predicted octanol–water partition coefficient (Wildman–Crippen LogP) is 5.72. The van der Waals surface area contributed by atoms with E-state index in [1.165, 1.54) is 6.92 Å². The summed E-state index contributed by atoms with van der Waals surface area (Å²) in [6.45, 7) is 8.63. The molecule has 0 fully saturated rings. The maximum Gasteiger partial charge on any atom is 0.308 e. The molecule has 0 aromatic heterocycles. The van der Waals surface area contributed by atoms with Crippen molar-refractivity contribution in [3.05, 3.63) is 77.4 Å². The van der Waals surface area contributed by atoms with E-state index < -0.39 is 30.0 Å². The topological polar surface area (TPSA) is 110 Å². The summed E-state index contributed by atoms with van der Waals surface area (Å²) in [5.74, 6) is -1.87. The van der Waals surface area contributed by atoms with E-state index in [-0.39, 0.29) is 36.4 Å². The Kier molecular flexibility index (Phi) is 12.9. The van der Waals surface area contributed by atoms with Gasteiger partial charge in [0.1, 0.15) is 12.5 Å². The standard InChI is InChI=1S/C33H43NO6/c1-6-26(27-13-15-28(16-14-27)30(37)17-12-25-10-8-7-9-11-25)19-29(31(38)34-22-35)18-23(2)32(39)40-21-33(4,5)20-24(3)36/h7-17,23,26,29,35H,6,18-22H2,1-5H3,(H,34,38)/b17-12+. The highest BCUT2D eigenvalue weighted by Crippen LogP contribution is 2.31. The first-order valence-corrected chi connectivity index (χ1v) is 13.9. The molecule has 0 aliphatic carbocycles. The number of hydrogen-bond acceptors (Lipinski definition) is 6. The van der Waals surface area contributed by atoms with Crippen LogP contribution in [0.5, 0.6) is 0 Å². The van der Waals surface area contributed by atoms with Gasteiger partial charge in [0, 0.05) is 23.3 Å². The predicted molar refractivity (Wildman–Crippen MR) is 156 cm³/mol. The fourth-order valence-corrected chi connectivity index (χ4v) is 4.82. The summed E-state index contributed by atoms with van der Waals surface area (Å²) >= 11 is 0. The SMILES string of the molecule is CCC(CC(CC(C)C(=O)OCC(C)(C)CC(C)=O)C(=O)NCO)c1ccc(C(=O)/C=C/c2ccccc2)cc1. The minimum Gasteiger partial charge on any atom is -0.465 e. The molecule has 1 amide bonds. The lowest BCUT2D eigenvalue weighted by molar-refractivity contribution is -0.152. The van der Waals surface area contributed by atoms with Crippen molar-refractivity contribution >= 4 is 29.5 Å². The van der Waals surface area contributed by atoms with Gasteiger partial charge in [0.05, 0.1) is 12.5 Å². The first-order chi connectivity index (χ1) is 19.0. The van der Waals surface area contributed by atoms with Crippen LogP contribution in [0.1, 0.15) is 87.7 Å². The first-order valence-electron chi connectivity index (χ1n) is 13.9. The van der Waals surface area contributed by atoms with Gasteiger partial charge in [-0.05, 0) is 49.3 Å². The summed E-state index contributed by atoms with van der Waals surface area (Å²) in [7, 11) is 0. The number of carbonyl (C=O) groups excluding carboxylic acids is 4. The second-order valence-electron chi connectivity index (χ2n) is 11.3. The Bertz CT molecular complexity index is 1150. The third-order valence-electron chi connectivity index (χ3n) is 6.95. The second kappa shape index (κ2) is 15.9. The highest BCUT2D eigenvalue weighted by molar-refractivity contribution is 6.06. The molecule has 0 saturated carbocycles. The molecule has 216 valence electrons. The minimum atomic E-state index is -0.545. The van der Waals surface area contributed by atoms with Crippen LogP contribution in [0.3, 0.4) is 0 Å². The number of ketones is 2. The van der Waals surface area contributed by atoms with E-state index in [0.717, 1.165) is 17.5 Å². The number of amides is 1. The fraction of sp³-hybridized carbons (Fsp3) is 0.455. The van der Waals surface area contributed by atoms with Crippen molar-refractivity contribution in [2.75, 3.05) is 13.3 Å². The van der Waals surface area contributed by atoms with E-state index in [9.17, 15) is 24.3 Å². The number of rotatable bonds is 16. The number of nitrogens with one attached hydrogen (secondary N) is 1. The number of carbonyl (C=O) groups is 4. The molecule has 2 aromatic rings. The molecule has 3 unspecified atom stereocenters. The molecule has 0 spiro atoms. The molecule has 7 heteroatoms. The van der Waals surface area contributed by atoms with Gasteiger partial charge in [-0.15, -0.1) is 0 Å². The molecular weight excluding hydrogens is 506 g/mol. The zero-order valence-corrected chi connectivity index (χ0v) is 24.3. The molecule has 0 aliphatic rings. The Morgan fingerprint density at radius 1 is 1.00 bits per heavy atom. The first kappa shape index (κ1) is 32.6. The van der Waals surface area contributed by atoms with Gasteiger partial charge in [-0.2, -0.15) is 0 Å². The van der Waals surface area contributed by atoms with Gasteiger partial charge in [-0.3, -0.25) is 14.4 Å². The molecule has 40 heavy (non-hydrogen) atoms. The van der Waals surface area contributed by atoms with E-state index in [2.05, 4.69) is 5.32 Å². The third-order valence-corrected chi connectivity index (χ3v) is 6.95. The van der Waals surface area contributed by atoms with Crippen molar-refractivity contribution in [1.29, 1.82) is 0 Å². The van der Waals surface area contributed by atoms with E-state index in [1.807, 2.05) is 63.2 Å². The lowest BCUT2D eigenvalue weighted by Gasteiger charge is -2.26. The number of aliphatic hydroxyl groups is 1. The highest BCUT2D eigenvalue weighted by atomic mass is 16.5. The van der Waals surface area contributed by atoms with Gasteiger partial charge in [0.15, 0.2) is 5.78 Å². The van der Waals surface area contributed by atoms with Crippen LogP contribution in [-0.2, 0) is 19.1 Å². The van der Waals surface area contributed by atoms with Crippen LogP contribution < -0.4 is 5.32 Å². The summed E-state index contributed by atoms with van der Waals surface area (Å²) in [6.07, 6.45) is 5.13. The van der Waals surface area contributed by atoms with Crippen molar-refractivity contribution in [1.82, 2.24) is 5.32 Å². The largest absolute Gasteiger partial charge is 0.465 e. The number of aliphatic hydroxyl groups excluding tert-OH is 1. The molecule has 0 heterocycles. The quantitative estimate of drug-likeness (QED) is 0.120. The van der Waals surface area contributed by atoms with Gasteiger partial charge in [0.2, 0.25) is 5.91 Å². The van der Waals surface area contributed by atoms with Gasteiger partial charge in [-0.25, -0.2) is 0 Å². The maximum absolute atomic E-state index is 12.8. The molecule has 2 aromatic carbocycles. The Morgan fingerprint density at radius 3 is 2.23 bits per heavy atom. The molecule has 0 aliphatic heterocycles. The lowest BCUT2D eigenvalue weighted by atomic mass is 9.82. The minimum absolute atomic E-state index is 0.0103. The fourth-order valence-electron chi connectivity index (χ4n) is 4.82. The Labute approximate surface area is 238 Å². The van der Waals surface area contributed by atoms with E-state index in [1.54, 1.807) is 31.2 Å². The Balaban J connectivity index is 2.08. The van der Waals surface area contributed by atoms with E-state index in [0.29, 0.717) is 18.4 Å². The van der Waals surface area contributed by atoms with E-state index in [4.69, 9.17) is 4.74 Å². The van der Waals surface area contributed by atoms with Crippen LogP contribution in [0.15, 0.2) is 60.7 Å². The van der Waals surface area contributed by atoms with Crippen molar-refractivity contribution < 1.29 is 29.0 Å². The van der Waals surface area contributed by atoms with Crippen LogP contribution in [0.2, 0.25) is 0 Å². The number of ether oxygens (including phenoxy) is 1. The van der Waals surface area contributed by atoms with Gasteiger partial charge in [0.25, 0.3) is 0 Å². The average Bonchev–Trinajstić information content (AvgIpc) is 2.92. The maximum atomic E-state index is 12.8. The number of benzene rings is 2. The highest BCUT2D eigenvalue weighted by Gasteiger charge is 2.29. The summed E-state index contributed by atoms with van der Waals surface area (Å²) < 4.78 is 5.50. The molecule has 7 nitrogen and oxygen atoms in total. The molecule has 0 saturated heterocycles. The van der Waals surface area contributed by atoms with Gasteiger partial charge < -0.3 is 20.0 Å². The zero-order chi connectivity index (χ0) is 29.7. The number of Topliss-reactive ketones (excluding diaryl/α,β-unsaturated/α-hetero) is 1. The summed E-state index contributed by atoms with van der Waals surface area (Å²) in [5.41, 5.74) is 2.05. The molecule has 2 N–H and O–H groups in total. The normalized spacial score (nSPS) is 13.8. The Hall–Kier alpha value is -3.58. The van der Waals surface area contributed by atoms with E-state index >= 15 is 0 Å². The lowest BCUT2D eigenvalue weighted by Crippen LogP contribution is -2.35. The van der Waals surface area contributed by atoms with Gasteiger partial charge >= 0.3 is 5.97 Å². The number of hydrogen-bond donors (Lipinski definition) is 2. The number of esters is 1. The van der Waals surface area contributed by atoms with Crippen LogP contribution in [0.25, 0.3) is 6.08 Å². The molecule has 2 rings (SSSR count). The summed E-state index contributed by atoms with van der Waals surface area (Å²) in [4.78, 5) is 49.7. The van der Waals surface area contributed by atoms with Crippen molar-refractivity contribution in [2.24, 2.45) is 17.3 Å². The zero-order valence-electron chi connectivity index (χ0n) is 24.3. The monoisotopic (exact) mass is 549 g/mol.